The zero-order chi connectivity index (χ0) is 7.41. The molecule has 0 aliphatic carbocycles. The predicted octanol–water partition coefficient (Wildman–Crippen LogP) is -0.188. The molecule has 0 bridgehead atoms. The maximum Gasteiger partial charge on any atom is 0.106 e. The number of aliphatic hydroxyl groups excluding tert-OH is 2. The summed E-state index contributed by atoms with van der Waals surface area (Å²) >= 11 is 0. The largest absolute Gasteiger partial charge is 0.397 e. The first-order valence-corrected chi connectivity index (χ1v) is 2.34. The average Bonchev–Trinajstić information content (AvgIpc) is 1.75. The van der Waals surface area contributed by atoms with Crippen LogP contribution >= 0.6 is 0 Å². The predicted molar refractivity (Wildman–Crippen MR) is 32.6 cm³/mol. The third-order valence-electron chi connectivity index (χ3n) is 0. The van der Waals surface area contributed by atoms with Gasteiger partial charge in [0.05, 0.1) is 0 Å². The molecule has 0 aliphatic heterocycles. The molecular formula is C5H14O3. The molecule has 0 aromatic heterocycles. The first kappa shape index (κ1) is 15.6. The van der Waals surface area contributed by atoms with Gasteiger partial charge in [0.2, 0.25) is 0 Å². The second-order valence-electron chi connectivity index (χ2n) is 0.632. The molecule has 3 nitrogen and oxygen atoms in total. The van der Waals surface area contributed by atoms with E-state index in [0.717, 1.165) is 0 Å². The third-order valence-corrected chi connectivity index (χ3v) is 0. The van der Waals surface area contributed by atoms with Gasteiger partial charge in [-0.3, -0.25) is 0 Å². The van der Waals surface area contributed by atoms with Crippen LogP contribution in [0.2, 0.25) is 0 Å². The van der Waals surface area contributed by atoms with Crippen LogP contribution in [0.4, 0.5) is 0 Å². The Balaban J connectivity index is -0.0000000483. The lowest BCUT2D eigenvalue weighted by molar-refractivity contribution is -0.0979. The fourth-order valence-electron chi connectivity index (χ4n) is 0. The minimum atomic E-state index is 0.250. The summed E-state index contributed by atoms with van der Waals surface area (Å²) in [7, 11) is 0. The molecule has 0 fully saturated rings. The first-order chi connectivity index (χ1) is 3.83. The molecule has 0 heterocycles. The van der Waals surface area contributed by atoms with Crippen molar-refractivity contribution in [3.8, 4) is 0 Å². The van der Waals surface area contributed by atoms with Gasteiger partial charge < -0.3 is 15.0 Å². The van der Waals surface area contributed by atoms with E-state index in [4.69, 9.17) is 15.0 Å². The Bertz CT molecular complexity index is 15.1. The number of hydrogen-bond donors (Lipinski definition) is 2. The highest BCUT2D eigenvalue weighted by atomic mass is 16.3. The molecule has 52 valence electrons. The zero-order valence-corrected chi connectivity index (χ0v) is 5.42. The van der Waals surface area contributed by atoms with E-state index in [9.17, 15) is 0 Å². The summed E-state index contributed by atoms with van der Waals surface area (Å²) < 4.78 is 0. The summed E-state index contributed by atoms with van der Waals surface area (Å²) in [5.74, 6) is 0. The van der Waals surface area contributed by atoms with Crippen molar-refractivity contribution in [2.45, 2.75) is 13.8 Å². The second-order valence-corrected chi connectivity index (χ2v) is 0.632. The summed E-state index contributed by atoms with van der Waals surface area (Å²) in [5, 5.41) is 15.1. The van der Waals surface area contributed by atoms with Gasteiger partial charge in [-0.05, 0) is 13.8 Å². The van der Waals surface area contributed by atoms with Crippen LogP contribution in [0.25, 0.3) is 0 Å². The van der Waals surface area contributed by atoms with Crippen molar-refractivity contribution in [2.24, 2.45) is 0 Å². The SMILES string of the molecule is C=O.CCO.CCO. The first-order valence-electron chi connectivity index (χ1n) is 2.34. The van der Waals surface area contributed by atoms with Gasteiger partial charge in [0.25, 0.3) is 0 Å². The van der Waals surface area contributed by atoms with Crippen LogP contribution < -0.4 is 0 Å². The lowest BCUT2D eigenvalue weighted by Gasteiger charge is -1.52. The molecule has 0 amide bonds. The smallest absolute Gasteiger partial charge is 0.106 e. The molecule has 2 N–H and O–H groups in total. The molecule has 0 aromatic rings. The van der Waals surface area contributed by atoms with E-state index in [1.807, 2.05) is 6.79 Å². The Labute approximate surface area is 50.0 Å². The highest BCUT2D eigenvalue weighted by Crippen LogP contribution is 1.30. The Morgan fingerprint density at radius 2 is 1.12 bits per heavy atom. The van der Waals surface area contributed by atoms with E-state index in [1.54, 1.807) is 13.8 Å². The lowest BCUT2D eigenvalue weighted by Crippen LogP contribution is -1.57. The molecule has 0 unspecified atom stereocenters. The standard InChI is InChI=1S/2C2H6O.CH2O/c2*1-2-3;1-2/h2*3H,2H2,1H3;1H2. The van der Waals surface area contributed by atoms with Crippen LogP contribution in [-0.4, -0.2) is 30.2 Å². The van der Waals surface area contributed by atoms with Crippen molar-refractivity contribution in [1.29, 1.82) is 0 Å². The Kier molecular flexibility index (Phi) is 159. The molecule has 0 saturated carbocycles. The van der Waals surface area contributed by atoms with E-state index in [2.05, 4.69) is 0 Å². The molecule has 3 heteroatoms. The normalized spacial score (nSPS) is 5.00. The second kappa shape index (κ2) is 81.5. The number of carbonyl (C=O) groups is 1. The monoisotopic (exact) mass is 122 g/mol. The highest BCUT2D eigenvalue weighted by Gasteiger charge is 1.34. The van der Waals surface area contributed by atoms with Crippen LogP contribution in [0.5, 0.6) is 0 Å². The third kappa shape index (κ3) is 701. The summed E-state index contributed by atoms with van der Waals surface area (Å²) in [6, 6.07) is 0. The zero-order valence-electron chi connectivity index (χ0n) is 5.42. The maximum atomic E-state index is 8.00. The number of hydrogen-bond acceptors (Lipinski definition) is 3. The van der Waals surface area contributed by atoms with E-state index >= 15 is 0 Å². The molecule has 0 atom stereocenters. The molecular weight excluding hydrogens is 108 g/mol. The van der Waals surface area contributed by atoms with Gasteiger partial charge in [-0.15, -0.1) is 0 Å². The number of aliphatic hydroxyl groups is 2. The van der Waals surface area contributed by atoms with Gasteiger partial charge in [0.1, 0.15) is 6.79 Å². The molecule has 0 aliphatic rings. The topological polar surface area (TPSA) is 57.5 Å². The summed E-state index contributed by atoms with van der Waals surface area (Å²) in [6.07, 6.45) is 0. The van der Waals surface area contributed by atoms with Gasteiger partial charge in [0, 0.05) is 13.2 Å². The van der Waals surface area contributed by atoms with E-state index in [1.165, 1.54) is 0 Å². The molecule has 0 saturated heterocycles. The van der Waals surface area contributed by atoms with E-state index < -0.39 is 0 Å². The molecule has 0 spiro atoms. The lowest BCUT2D eigenvalue weighted by atomic mass is 10.9. The van der Waals surface area contributed by atoms with Crippen LogP contribution in [0.1, 0.15) is 13.8 Å². The molecule has 8 heavy (non-hydrogen) atoms. The van der Waals surface area contributed by atoms with Crippen LogP contribution in [0.15, 0.2) is 0 Å². The van der Waals surface area contributed by atoms with Crippen molar-refractivity contribution < 1.29 is 15.0 Å². The summed E-state index contributed by atoms with van der Waals surface area (Å²) in [5.41, 5.74) is 0. The van der Waals surface area contributed by atoms with Crippen LogP contribution in [-0.2, 0) is 4.79 Å². The molecule has 0 radical (unpaired) electrons. The Hall–Kier alpha value is -0.410. The molecule has 0 rings (SSSR count). The Morgan fingerprint density at radius 3 is 1.12 bits per heavy atom. The number of rotatable bonds is 0. The average molecular weight is 122 g/mol. The van der Waals surface area contributed by atoms with Gasteiger partial charge in [-0.25, -0.2) is 0 Å². The van der Waals surface area contributed by atoms with Gasteiger partial charge in [0.15, 0.2) is 0 Å². The van der Waals surface area contributed by atoms with Crippen molar-refractivity contribution in [3.63, 3.8) is 0 Å². The van der Waals surface area contributed by atoms with E-state index in [0.29, 0.717) is 0 Å². The van der Waals surface area contributed by atoms with Crippen LogP contribution in [0.3, 0.4) is 0 Å². The van der Waals surface area contributed by atoms with Gasteiger partial charge in [-0.1, -0.05) is 0 Å². The molecule has 0 aromatic carbocycles. The quantitative estimate of drug-likeness (QED) is 0.468. The van der Waals surface area contributed by atoms with E-state index in [-0.39, 0.29) is 13.2 Å². The summed E-state index contributed by atoms with van der Waals surface area (Å²) in [6.45, 7) is 5.86. The summed E-state index contributed by atoms with van der Waals surface area (Å²) in [4.78, 5) is 8.00. The highest BCUT2D eigenvalue weighted by molar-refractivity contribution is 5.10. The fourth-order valence-corrected chi connectivity index (χ4v) is 0. The van der Waals surface area contributed by atoms with Crippen molar-refractivity contribution >= 4 is 6.79 Å². The number of carbonyl (C=O) groups excluding carboxylic acids is 1. The van der Waals surface area contributed by atoms with Gasteiger partial charge >= 0.3 is 0 Å². The minimum absolute atomic E-state index is 0.250. The van der Waals surface area contributed by atoms with Gasteiger partial charge in [-0.2, -0.15) is 0 Å². The Morgan fingerprint density at radius 1 is 1.12 bits per heavy atom. The van der Waals surface area contributed by atoms with Crippen molar-refractivity contribution in [1.82, 2.24) is 0 Å². The van der Waals surface area contributed by atoms with Crippen molar-refractivity contribution in [2.75, 3.05) is 13.2 Å². The maximum absolute atomic E-state index is 8.00. The fraction of sp³-hybridized carbons (Fsp3) is 0.800. The van der Waals surface area contributed by atoms with Crippen LogP contribution in [0, 0.1) is 0 Å². The van der Waals surface area contributed by atoms with Crippen molar-refractivity contribution in [3.05, 3.63) is 0 Å². The minimum Gasteiger partial charge on any atom is -0.397 e.